The van der Waals surface area contributed by atoms with Crippen molar-refractivity contribution >= 4 is 23.8 Å². The molecule has 0 radical (unpaired) electrons. The highest BCUT2D eigenvalue weighted by Gasteiger charge is 2.32. The van der Waals surface area contributed by atoms with E-state index in [0.717, 1.165) is 11.1 Å². The van der Waals surface area contributed by atoms with E-state index in [-0.39, 0.29) is 25.7 Å². The van der Waals surface area contributed by atoms with Gasteiger partial charge in [-0.3, -0.25) is 19.1 Å². The molecule has 1 unspecified atom stereocenters. The van der Waals surface area contributed by atoms with Crippen LogP contribution in [0.2, 0.25) is 0 Å². The number of benzene rings is 2. The zero-order chi connectivity index (χ0) is 26.0. The van der Waals surface area contributed by atoms with Crippen LogP contribution in [0.3, 0.4) is 0 Å². The normalized spacial score (nSPS) is 15.2. The maximum Gasteiger partial charge on any atom is 0.414 e. The van der Waals surface area contributed by atoms with Crippen molar-refractivity contribution in [1.82, 2.24) is 15.6 Å². The number of ether oxygens (including phenoxy) is 1. The molecular formula is C28H28F2N4O3. The smallest absolute Gasteiger partial charge is 0.414 e. The number of halogens is 2. The Morgan fingerprint density at radius 1 is 1.19 bits per heavy atom. The summed E-state index contributed by atoms with van der Waals surface area (Å²) in [6.45, 7) is 1.19. The van der Waals surface area contributed by atoms with E-state index >= 15 is 0 Å². The van der Waals surface area contributed by atoms with Crippen molar-refractivity contribution < 1.29 is 23.1 Å². The molecular weight excluding hydrogens is 478 g/mol. The Labute approximate surface area is 214 Å². The lowest BCUT2D eigenvalue weighted by atomic mass is 10.0. The van der Waals surface area contributed by atoms with Crippen molar-refractivity contribution in [3.63, 3.8) is 0 Å². The molecule has 2 aromatic carbocycles. The van der Waals surface area contributed by atoms with Gasteiger partial charge >= 0.3 is 6.09 Å². The molecule has 1 atom stereocenters. The van der Waals surface area contributed by atoms with Crippen molar-refractivity contribution in [2.45, 2.75) is 19.1 Å². The number of hydrogen-bond acceptors (Lipinski definition) is 5. The number of cyclic esters (lactones) is 1. The van der Waals surface area contributed by atoms with Crippen LogP contribution in [0.1, 0.15) is 17.5 Å². The fourth-order valence-corrected chi connectivity index (χ4v) is 3.89. The topological polar surface area (TPSA) is 83.6 Å². The maximum atomic E-state index is 15.0. The summed E-state index contributed by atoms with van der Waals surface area (Å²) in [5.74, 6) is -0.785. The molecule has 1 aliphatic heterocycles. The van der Waals surface area contributed by atoms with Crippen LogP contribution in [0.4, 0.5) is 19.3 Å². The molecule has 0 bridgehead atoms. The number of rotatable bonds is 11. The first-order valence-electron chi connectivity index (χ1n) is 12.0. The monoisotopic (exact) mass is 506 g/mol. The lowest BCUT2D eigenvalue weighted by Crippen LogP contribution is -2.33. The van der Waals surface area contributed by atoms with Gasteiger partial charge in [0.25, 0.3) is 0 Å². The second-order valence-corrected chi connectivity index (χ2v) is 8.56. The van der Waals surface area contributed by atoms with E-state index in [9.17, 15) is 18.4 Å². The number of alkyl halides is 1. The van der Waals surface area contributed by atoms with Crippen LogP contribution in [0.5, 0.6) is 0 Å². The van der Waals surface area contributed by atoms with Gasteiger partial charge in [-0.05, 0) is 60.0 Å². The van der Waals surface area contributed by atoms with E-state index in [4.69, 9.17) is 4.74 Å². The highest BCUT2D eigenvalue weighted by molar-refractivity contribution is 5.92. The molecule has 192 valence electrons. The van der Waals surface area contributed by atoms with Crippen LogP contribution >= 0.6 is 0 Å². The quantitative estimate of drug-likeness (QED) is 0.296. The van der Waals surface area contributed by atoms with Gasteiger partial charge in [0.15, 0.2) is 0 Å². The molecule has 1 saturated heterocycles. The minimum atomic E-state index is -0.595. The van der Waals surface area contributed by atoms with Crippen LogP contribution in [-0.4, -0.2) is 49.4 Å². The molecule has 9 heteroatoms. The molecule has 2 amide bonds. The van der Waals surface area contributed by atoms with Gasteiger partial charge < -0.3 is 15.4 Å². The number of nitrogens with zero attached hydrogens (tertiary/aromatic N) is 2. The third-order valence-corrected chi connectivity index (χ3v) is 5.84. The number of nitrogens with one attached hydrogen (secondary N) is 2. The van der Waals surface area contributed by atoms with Crippen LogP contribution < -0.4 is 15.5 Å². The Morgan fingerprint density at radius 3 is 2.76 bits per heavy atom. The van der Waals surface area contributed by atoms with Gasteiger partial charge in [0, 0.05) is 30.6 Å². The van der Waals surface area contributed by atoms with Crippen molar-refractivity contribution in [3.05, 3.63) is 90.0 Å². The zero-order valence-corrected chi connectivity index (χ0v) is 20.2. The summed E-state index contributed by atoms with van der Waals surface area (Å²) in [6.07, 6.45) is 5.62. The van der Waals surface area contributed by atoms with Gasteiger partial charge in [-0.15, -0.1) is 0 Å². The first kappa shape index (κ1) is 26.0. The van der Waals surface area contributed by atoms with Gasteiger partial charge in [0.05, 0.1) is 25.5 Å². The summed E-state index contributed by atoms with van der Waals surface area (Å²) in [7, 11) is 0. The van der Waals surface area contributed by atoms with Gasteiger partial charge in [-0.25, -0.2) is 9.18 Å². The lowest BCUT2D eigenvalue weighted by Gasteiger charge is -2.15. The molecule has 0 spiro atoms. The molecule has 2 heterocycles. The number of carbonyl (C=O) groups is 2. The Kier molecular flexibility index (Phi) is 8.93. The predicted octanol–water partition coefficient (Wildman–Crippen LogP) is 4.49. The lowest BCUT2D eigenvalue weighted by molar-refractivity contribution is -0.116. The Bertz CT molecular complexity index is 1240. The van der Waals surface area contributed by atoms with Crippen LogP contribution in [0.25, 0.3) is 17.2 Å². The van der Waals surface area contributed by atoms with Gasteiger partial charge in [0.2, 0.25) is 5.91 Å². The number of aromatic nitrogens is 1. The maximum absolute atomic E-state index is 15.0. The van der Waals surface area contributed by atoms with Gasteiger partial charge in [-0.2, -0.15) is 0 Å². The largest absolute Gasteiger partial charge is 0.442 e. The fraction of sp³-hybridized carbons (Fsp3) is 0.250. The average molecular weight is 507 g/mol. The number of carbonyl (C=O) groups excluding carboxylic acids is 2. The molecule has 2 N–H and O–H groups in total. The molecule has 1 aliphatic rings. The zero-order valence-electron chi connectivity index (χ0n) is 20.2. The minimum absolute atomic E-state index is 0.133. The molecule has 37 heavy (non-hydrogen) atoms. The first-order valence-corrected chi connectivity index (χ1v) is 12.0. The van der Waals surface area contributed by atoms with Crippen LogP contribution in [0, 0.1) is 5.82 Å². The van der Waals surface area contributed by atoms with Crippen molar-refractivity contribution in [2.24, 2.45) is 0 Å². The molecule has 4 rings (SSSR count). The Balaban J connectivity index is 1.31. The van der Waals surface area contributed by atoms with Crippen molar-refractivity contribution in [1.29, 1.82) is 0 Å². The first-order chi connectivity index (χ1) is 18.0. The standard InChI is InChI=1S/C28H28F2N4O3/c29-12-2-14-32-17-21-4-7-22(8-5-21)25-10-9-23(15-26(25)30)34-19-24(37-28(34)36)18-33-27(35)11-6-20-3-1-13-31-16-20/h1,3-11,13,15-16,24,32H,2,12,14,17-19H2,(H,33,35). The van der Waals surface area contributed by atoms with Gasteiger partial charge in [0.1, 0.15) is 11.9 Å². The Morgan fingerprint density at radius 2 is 2.03 bits per heavy atom. The van der Waals surface area contributed by atoms with E-state index < -0.39 is 18.0 Å². The molecule has 0 saturated carbocycles. The van der Waals surface area contributed by atoms with Gasteiger partial charge in [-0.1, -0.05) is 30.3 Å². The molecule has 0 aliphatic carbocycles. The minimum Gasteiger partial charge on any atom is -0.442 e. The van der Waals surface area contributed by atoms with E-state index in [1.165, 1.54) is 17.0 Å². The third-order valence-electron chi connectivity index (χ3n) is 5.84. The SMILES string of the molecule is O=C(C=Cc1cccnc1)NCC1CN(c2ccc(-c3ccc(CNCCCF)cc3)c(F)c2)C(=O)O1. The molecule has 1 fully saturated rings. The summed E-state index contributed by atoms with van der Waals surface area (Å²) in [5.41, 5.74) is 3.31. The number of hydrogen-bond donors (Lipinski definition) is 2. The summed E-state index contributed by atoms with van der Waals surface area (Å²) in [4.78, 5) is 29.8. The van der Waals surface area contributed by atoms with Crippen LogP contribution in [0.15, 0.2) is 73.1 Å². The van der Waals surface area contributed by atoms with Crippen LogP contribution in [-0.2, 0) is 16.1 Å². The highest BCUT2D eigenvalue weighted by atomic mass is 19.1. The van der Waals surface area contributed by atoms with E-state index in [0.29, 0.717) is 36.3 Å². The van der Waals surface area contributed by atoms with Crippen molar-refractivity contribution in [2.75, 3.05) is 31.2 Å². The number of pyridine rings is 1. The molecule has 7 nitrogen and oxygen atoms in total. The number of amides is 2. The summed E-state index contributed by atoms with van der Waals surface area (Å²) < 4.78 is 32.5. The second kappa shape index (κ2) is 12.7. The van der Waals surface area contributed by atoms with E-state index in [1.807, 2.05) is 30.3 Å². The van der Waals surface area contributed by atoms with Crippen molar-refractivity contribution in [3.8, 4) is 11.1 Å². The summed E-state index contributed by atoms with van der Waals surface area (Å²) >= 11 is 0. The highest BCUT2D eigenvalue weighted by Crippen LogP contribution is 2.29. The number of anilines is 1. The second-order valence-electron chi connectivity index (χ2n) is 8.56. The average Bonchev–Trinajstić information content (AvgIpc) is 3.30. The summed E-state index contributed by atoms with van der Waals surface area (Å²) in [5, 5.41) is 5.86. The molecule has 3 aromatic rings. The molecule has 1 aromatic heterocycles. The third kappa shape index (κ3) is 7.20. The summed E-state index contributed by atoms with van der Waals surface area (Å²) in [6, 6.07) is 15.7. The fourth-order valence-electron chi connectivity index (χ4n) is 3.89. The predicted molar refractivity (Wildman–Crippen MR) is 138 cm³/mol. The van der Waals surface area contributed by atoms with E-state index in [2.05, 4.69) is 15.6 Å². The van der Waals surface area contributed by atoms with E-state index in [1.54, 1.807) is 36.7 Å². The Hall–Kier alpha value is -4.11.